The molecule has 1 aromatic carbocycles. The molecule has 7 heteroatoms. The van der Waals surface area contributed by atoms with Gasteiger partial charge >= 0.3 is 6.18 Å². The van der Waals surface area contributed by atoms with Gasteiger partial charge in [0.25, 0.3) is 0 Å². The molecule has 0 radical (unpaired) electrons. The number of anilines is 1. The third-order valence-electron chi connectivity index (χ3n) is 3.50. The number of halogens is 3. The molecule has 1 fully saturated rings. The Morgan fingerprint density at radius 1 is 1.10 bits per heavy atom. The Kier molecular flexibility index (Phi) is 4.95. The summed E-state index contributed by atoms with van der Waals surface area (Å²) in [5.74, 6) is 0.695. The molecule has 0 spiro atoms. The van der Waals surface area contributed by atoms with Gasteiger partial charge in [0, 0.05) is 44.5 Å². The van der Waals surface area contributed by atoms with Gasteiger partial charge in [-0.15, -0.1) is 0 Å². The lowest BCUT2D eigenvalue weighted by molar-refractivity contribution is -0.149. The largest absolute Gasteiger partial charge is 0.497 e. The Hall–Kier alpha value is -1.47. The molecule has 1 aliphatic rings. The highest BCUT2D eigenvalue weighted by Gasteiger charge is 2.32. The quantitative estimate of drug-likeness (QED) is 0.864. The number of ether oxygens (including phenoxy) is 1. The number of alkyl halides is 3. The number of hydrogen-bond acceptors (Lipinski definition) is 4. The Morgan fingerprint density at radius 3 is 2.29 bits per heavy atom. The minimum absolute atomic E-state index is 0.430. The second-order valence-electron chi connectivity index (χ2n) is 5.28. The summed E-state index contributed by atoms with van der Waals surface area (Å²) in [6.07, 6.45) is -4.12. The molecular weight excluding hydrogens is 283 g/mol. The molecule has 0 amide bonds. The van der Waals surface area contributed by atoms with Gasteiger partial charge in [0.2, 0.25) is 0 Å². The number of rotatable bonds is 4. The molecule has 0 atom stereocenters. The van der Waals surface area contributed by atoms with Crippen molar-refractivity contribution in [3.8, 4) is 5.75 Å². The topological polar surface area (TPSA) is 41.7 Å². The van der Waals surface area contributed by atoms with Crippen molar-refractivity contribution < 1.29 is 17.9 Å². The van der Waals surface area contributed by atoms with E-state index in [1.54, 1.807) is 13.2 Å². The Balaban J connectivity index is 1.87. The first-order valence-electron chi connectivity index (χ1n) is 6.80. The first kappa shape index (κ1) is 15.9. The van der Waals surface area contributed by atoms with Crippen LogP contribution in [-0.4, -0.2) is 55.8 Å². The zero-order valence-corrected chi connectivity index (χ0v) is 12.0. The summed E-state index contributed by atoms with van der Waals surface area (Å²) in [5.41, 5.74) is 7.44. The summed E-state index contributed by atoms with van der Waals surface area (Å²) in [5, 5.41) is 0. The van der Waals surface area contributed by atoms with Crippen LogP contribution in [0.5, 0.6) is 5.75 Å². The predicted octanol–water partition coefficient (Wildman–Crippen LogP) is 1.96. The van der Waals surface area contributed by atoms with Crippen LogP contribution in [0.4, 0.5) is 18.9 Å². The third kappa shape index (κ3) is 5.09. The van der Waals surface area contributed by atoms with Crippen LogP contribution in [0.25, 0.3) is 0 Å². The molecule has 21 heavy (non-hydrogen) atoms. The SMILES string of the molecule is COc1cc(N)cc(CN2CCN(CC(F)(F)F)CC2)c1. The van der Waals surface area contributed by atoms with E-state index in [0.717, 1.165) is 5.56 Å². The fourth-order valence-electron chi connectivity index (χ4n) is 2.51. The Bertz CT molecular complexity index is 471. The van der Waals surface area contributed by atoms with Crippen LogP contribution < -0.4 is 10.5 Å². The van der Waals surface area contributed by atoms with Crippen molar-refractivity contribution in [2.24, 2.45) is 0 Å². The van der Waals surface area contributed by atoms with E-state index in [-0.39, 0.29) is 0 Å². The predicted molar refractivity (Wildman–Crippen MR) is 75.2 cm³/mol. The molecule has 1 heterocycles. The maximum Gasteiger partial charge on any atom is 0.401 e. The number of nitrogen functional groups attached to an aromatic ring is 1. The molecule has 2 rings (SSSR count). The van der Waals surface area contributed by atoms with Gasteiger partial charge < -0.3 is 10.5 Å². The Morgan fingerprint density at radius 2 is 1.71 bits per heavy atom. The molecule has 4 nitrogen and oxygen atoms in total. The minimum Gasteiger partial charge on any atom is -0.497 e. The maximum atomic E-state index is 12.3. The molecule has 1 aliphatic heterocycles. The standard InChI is InChI=1S/C14H20F3N3O/c1-21-13-7-11(6-12(18)8-13)9-19-2-4-20(5-3-19)10-14(15,16)17/h6-8H,2-5,9-10,18H2,1H3. The van der Waals surface area contributed by atoms with Crippen LogP contribution in [-0.2, 0) is 6.54 Å². The summed E-state index contributed by atoms with van der Waals surface area (Å²) >= 11 is 0. The normalized spacial score (nSPS) is 17.9. The fraction of sp³-hybridized carbons (Fsp3) is 0.571. The zero-order valence-electron chi connectivity index (χ0n) is 12.0. The van der Waals surface area contributed by atoms with E-state index in [4.69, 9.17) is 10.5 Å². The van der Waals surface area contributed by atoms with Crippen molar-refractivity contribution in [3.05, 3.63) is 23.8 Å². The van der Waals surface area contributed by atoms with Gasteiger partial charge in [-0.3, -0.25) is 9.80 Å². The van der Waals surface area contributed by atoms with Gasteiger partial charge in [-0.2, -0.15) is 13.2 Å². The van der Waals surface area contributed by atoms with Crippen molar-refractivity contribution in [2.75, 3.05) is 45.6 Å². The van der Waals surface area contributed by atoms with E-state index in [9.17, 15) is 13.2 Å². The second-order valence-corrected chi connectivity index (χ2v) is 5.28. The average Bonchev–Trinajstić information content (AvgIpc) is 2.38. The van der Waals surface area contributed by atoms with Gasteiger partial charge in [0.05, 0.1) is 13.7 Å². The van der Waals surface area contributed by atoms with Crippen LogP contribution in [0, 0.1) is 0 Å². The van der Waals surface area contributed by atoms with Crippen molar-refractivity contribution in [3.63, 3.8) is 0 Å². The molecule has 1 aromatic rings. The number of piperazine rings is 1. The van der Waals surface area contributed by atoms with E-state index < -0.39 is 12.7 Å². The smallest absolute Gasteiger partial charge is 0.401 e. The van der Waals surface area contributed by atoms with Gasteiger partial charge in [-0.1, -0.05) is 0 Å². The lowest BCUT2D eigenvalue weighted by Gasteiger charge is -2.35. The average molecular weight is 303 g/mol. The first-order valence-corrected chi connectivity index (χ1v) is 6.80. The lowest BCUT2D eigenvalue weighted by Crippen LogP contribution is -2.48. The van der Waals surface area contributed by atoms with Gasteiger partial charge in [0.15, 0.2) is 0 Å². The van der Waals surface area contributed by atoms with Crippen LogP contribution in [0.2, 0.25) is 0 Å². The molecule has 0 bridgehead atoms. The molecular formula is C14H20F3N3O. The number of methoxy groups -OCH3 is 1. The van der Waals surface area contributed by atoms with Crippen LogP contribution in [0.3, 0.4) is 0 Å². The van der Waals surface area contributed by atoms with E-state index in [0.29, 0.717) is 44.2 Å². The highest BCUT2D eigenvalue weighted by atomic mass is 19.4. The van der Waals surface area contributed by atoms with Crippen LogP contribution >= 0.6 is 0 Å². The molecule has 118 valence electrons. The Labute approximate surface area is 122 Å². The monoisotopic (exact) mass is 303 g/mol. The zero-order chi connectivity index (χ0) is 15.5. The summed E-state index contributed by atoms with van der Waals surface area (Å²) < 4.78 is 42.2. The summed E-state index contributed by atoms with van der Waals surface area (Å²) in [6.45, 7) is 1.94. The molecule has 2 N–H and O–H groups in total. The van der Waals surface area contributed by atoms with Gasteiger partial charge in [-0.25, -0.2) is 0 Å². The molecule has 0 saturated carbocycles. The molecule has 1 saturated heterocycles. The first-order chi connectivity index (χ1) is 9.85. The van der Waals surface area contributed by atoms with Crippen molar-refractivity contribution in [1.29, 1.82) is 0 Å². The van der Waals surface area contributed by atoms with Crippen molar-refractivity contribution >= 4 is 5.69 Å². The van der Waals surface area contributed by atoms with E-state index >= 15 is 0 Å². The number of benzene rings is 1. The lowest BCUT2D eigenvalue weighted by atomic mass is 10.1. The molecule has 0 aromatic heterocycles. The molecule has 0 aliphatic carbocycles. The van der Waals surface area contributed by atoms with Gasteiger partial charge in [0.1, 0.15) is 5.75 Å². The van der Waals surface area contributed by atoms with Crippen LogP contribution in [0.15, 0.2) is 18.2 Å². The maximum absolute atomic E-state index is 12.3. The van der Waals surface area contributed by atoms with E-state index in [1.807, 2.05) is 12.1 Å². The molecule has 0 unspecified atom stereocenters. The van der Waals surface area contributed by atoms with E-state index in [2.05, 4.69) is 4.90 Å². The van der Waals surface area contributed by atoms with Crippen molar-refractivity contribution in [1.82, 2.24) is 9.80 Å². The van der Waals surface area contributed by atoms with Crippen LogP contribution in [0.1, 0.15) is 5.56 Å². The fourth-order valence-corrected chi connectivity index (χ4v) is 2.51. The highest BCUT2D eigenvalue weighted by molar-refractivity contribution is 5.47. The van der Waals surface area contributed by atoms with E-state index in [1.165, 1.54) is 4.90 Å². The summed E-state index contributed by atoms with van der Waals surface area (Å²) in [6, 6.07) is 5.51. The second kappa shape index (κ2) is 6.53. The number of nitrogens with two attached hydrogens (primary N) is 1. The number of nitrogens with zero attached hydrogens (tertiary/aromatic N) is 2. The minimum atomic E-state index is -4.12. The summed E-state index contributed by atoms with van der Waals surface area (Å²) in [7, 11) is 1.58. The van der Waals surface area contributed by atoms with Gasteiger partial charge in [-0.05, 0) is 17.7 Å². The third-order valence-corrected chi connectivity index (χ3v) is 3.50. The summed E-state index contributed by atoms with van der Waals surface area (Å²) in [4.78, 5) is 3.57. The number of hydrogen-bond donors (Lipinski definition) is 1. The van der Waals surface area contributed by atoms with Crippen molar-refractivity contribution in [2.45, 2.75) is 12.7 Å². The highest BCUT2D eigenvalue weighted by Crippen LogP contribution is 2.21.